The molecule has 0 aromatic carbocycles. The molecule has 94 heavy (non-hydrogen) atoms. The topological polar surface area (TPSA) is 237 Å². The van der Waals surface area contributed by atoms with Gasteiger partial charge in [0, 0.05) is 25.7 Å². The predicted octanol–water partition coefficient (Wildman–Crippen LogP) is 21.9. The van der Waals surface area contributed by atoms with Crippen LogP contribution in [-0.4, -0.2) is 96.7 Å². The number of aliphatic hydroxyl groups excluding tert-OH is 1. The minimum atomic E-state index is -4.96. The number of hydrogen-bond acceptors (Lipinski definition) is 15. The highest BCUT2D eigenvalue weighted by Gasteiger charge is 2.30. The quantitative estimate of drug-likeness (QED) is 0.0222. The summed E-state index contributed by atoms with van der Waals surface area (Å²) in [4.78, 5) is 72.8. The van der Waals surface area contributed by atoms with Crippen molar-refractivity contribution >= 4 is 39.5 Å². The first-order valence-corrected chi connectivity index (χ1v) is 42.0. The average Bonchev–Trinajstić information content (AvgIpc) is 2.34. The van der Waals surface area contributed by atoms with E-state index in [1.165, 1.54) is 205 Å². The normalized spacial score (nSPS) is 14.3. The van der Waals surface area contributed by atoms with Crippen molar-refractivity contribution in [2.45, 2.75) is 407 Å². The maximum atomic E-state index is 13.1. The van der Waals surface area contributed by atoms with Gasteiger partial charge in [-0.15, -0.1) is 0 Å². The van der Waals surface area contributed by atoms with Crippen LogP contribution in [0.3, 0.4) is 0 Å². The largest absolute Gasteiger partial charge is 0.472 e. The third kappa shape index (κ3) is 67.3. The Labute approximate surface area is 575 Å². The molecule has 0 saturated heterocycles. The van der Waals surface area contributed by atoms with E-state index in [9.17, 15) is 43.2 Å². The van der Waals surface area contributed by atoms with Crippen LogP contribution in [0.15, 0.2) is 0 Å². The van der Waals surface area contributed by atoms with Crippen molar-refractivity contribution in [3.8, 4) is 0 Å². The van der Waals surface area contributed by atoms with Crippen molar-refractivity contribution in [1.82, 2.24) is 0 Å². The van der Waals surface area contributed by atoms with Gasteiger partial charge in [0.25, 0.3) is 0 Å². The molecule has 0 heterocycles. The summed E-state index contributed by atoms with van der Waals surface area (Å²) in [7, 11) is -9.91. The van der Waals surface area contributed by atoms with E-state index in [0.29, 0.717) is 25.7 Å². The van der Waals surface area contributed by atoms with Crippen LogP contribution in [0.4, 0.5) is 0 Å². The van der Waals surface area contributed by atoms with E-state index in [1.807, 2.05) is 0 Å². The molecule has 0 fully saturated rings. The number of phosphoric acid groups is 2. The molecule has 0 amide bonds. The van der Waals surface area contributed by atoms with Crippen molar-refractivity contribution in [3.63, 3.8) is 0 Å². The van der Waals surface area contributed by atoms with Gasteiger partial charge in [0.2, 0.25) is 0 Å². The number of phosphoric ester groups is 2. The molecule has 3 unspecified atom stereocenters. The summed E-state index contributed by atoms with van der Waals surface area (Å²) < 4.78 is 68.5. The summed E-state index contributed by atoms with van der Waals surface area (Å²) in [5, 5.41) is 10.6. The number of aliphatic hydroxyl groups is 1. The first-order valence-electron chi connectivity index (χ1n) is 39.0. The number of unbranched alkanes of at least 4 members (excludes halogenated alkanes) is 43. The van der Waals surface area contributed by atoms with Gasteiger partial charge in [-0.1, -0.05) is 337 Å². The summed E-state index contributed by atoms with van der Waals surface area (Å²) in [5.74, 6) is -0.579. The van der Waals surface area contributed by atoms with Crippen LogP contribution < -0.4 is 0 Å². The Balaban J connectivity index is 5.26. The van der Waals surface area contributed by atoms with E-state index >= 15 is 0 Å². The smallest absolute Gasteiger partial charge is 0.462 e. The Bertz CT molecular complexity index is 1820. The van der Waals surface area contributed by atoms with Crippen LogP contribution >= 0.6 is 15.6 Å². The van der Waals surface area contributed by atoms with Crippen molar-refractivity contribution in [2.24, 2.45) is 11.8 Å². The third-order valence-electron chi connectivity index (χ3n) is 17.8. The summed E-state index contributed by atoms with van der Waals surface area (Å²) in [6.45, 7) is 9.59. The second kappa shape index (κ2) is 66.9. The lowest BCUT2D eigenvalue weighted by atomic mass is 9.99. The molecule has 17 nitrogen and oxygen atoms in total. The van der Waals surface area contributed by atoms with Crippen molar-refractivity contribution < 1.29 is 80.2 Å². The fourth-order valence-electron chi connectivity index (χ4n) is 11.4. The SMILES string of the molecule is CCCCCCCCCCCCCCCCCCC(=O)O[C@H](COC(=O)CCCCCCCCCCCCC(C)CC)COP(=O)(O)OC[C@@H](O)COP(=O)(O)OC[C@@H](COC(=O)CCCCCCCCCCC(C)C)OC(=O)CCCCCCCCCCCCCCC. The minimum Gasteiger partial charge on any atom is -0.462 e. The van der Waals surface area contributed by atoms with Crippen LogP contribution in [0.2, 0.25) is 0 Å². The summed E-state index contributed by atoms with van der Waals surface area (Å²) in [5.41, 5.74) is 0. The summed E-state index contributed by atoms with van der Waals surface area (Å²) >= 11 is 0. The van der Waals surface area contributed by atoms with Crippen LogP contribution in [0.1, 0.15) is 388 Å². The Hall–Kier alpha value is -1.94. The van der Waals surface area contributed by atoms with Crippen LogP contribution in [-0.2, 0) is 65.4 Å². The molecule has 0 aromatic rings. The second-order valence-electron chi connectivity index (χ2n) is 27.8. The number of esters is 4. The van der Waals surface area contributed by atoms with Gasteiger partial charge in [0.15, 0.2) is 12.2 Å². The van der Waals surface area contributed by atoms with E-state index < -0.39 is 97.5 Å². The average molecular weight is 1380 g/mol. The molecular weight excluding hydrogens is 1230 g/mol. The van der Waals surface area contributed by atoms with Crippen molar-refractivity contribution in [3.05, 3.63) is 0 Å². The monoisotopic (exact) mass is 1380 g/mol. The fourth-order valence-corrected chi connectivity index (χ4v) is 13.0. The van der Waals surface area contributed by atoms with E-state index in [-0.39, 0.29) is 25.7 Å². The summed E-state index contributed by atoms with van der Waals surface area (Å²) in [6, 6.07) is 0. The fraction of sp³-hybridized carbons (Fsp3) is 0.947. The number of rotatable bonds is 74. The first kappa shape index (κ1) is 92.1. The van der Waals surface area contributed by atoms with Crippen LogP contribution in [0, 0.1) is 11.8 Å². The molecule has 3 N–H and O–H groups in total. The van der Waals surface area contributed by atoms with Crippen molar-refractivity contribution in [1.29, 1.82) is 0 Å². The van der Waals surface area contributed by atoms with Crippen molar-refractivity contribution in [2.75, 3.05) is 39.6 Å². The number of carbonyl (C=O) groups excluding carboxylic acids is 4. The lowest BCUT2D eigenvalue weighted by Gasteiger charge is -2.21. The molecule has 19 heteroatoms. The second-order valence-corrected chi connectivity index (χ2v) is 30.7. The van der Waals surface area contributed by atoms with Gasteiger partial charge in [0.1, 0.15) is 19.3 Å². The predicted molar refractivity (Wildman–Crippen MR) is 381 cm³/mol. The Morgan fingerprint density at radius 1 is 0.309 bits per heavy atom. The molecule has 0 spiro atoms. The van der Waals surface area contributed by atoms with Crippen LogP contribution in [0.5, 0.6) is 0 Å². The number of ether oxygens (including phenoxy) is 4. The molecule has 0 aliphatic rings. The maximum Gasteiger partial charge on any atom is 0.472 e. The van der Waals surface area contributed by atoms with E-state index in [0.717, 1.165) is 102 Å². The molecule has 0 radical (unpaired) electrons. The third-order valence-corrected chi connectivity index (χ3v) is 19.7. The zero-order chi connectivity index (χ0) is 69.3. The molecule has 0 aliphatic carbocycles. The molecule has 558 valence electrons. The highest BCUT2D eigenvalue weighted by Crippen LogP contribution is 2.45. The summed E-state index contributed by atoms with van der Waals surface area (Å²) in [6.07, 6.45) is 53.9. The molecular formula is C75H146O17P2. The highest BCUT2D eigenvalue weighted by molar-refractivity contribution is 7.47. The van der Waals surface area contributed by atoms with Gasteiger partial charge in [-0.3, -0.25) is 37.3 Å². The van der Waals surface area contributed by atoms with Gasteiger partial charge in [-0.25, -0.2) is 9.13 Å². The van der Waals surface area contributed by atoms with Gasteiger partial charge in [-0.2, -0.15) is 0 Å². The lowest BCUT2D eigenvalue weighted by Crippen LogP contribution is -2.30. The molecule has 0 rings (SSSR count). The maximum absolute atomic E-state index is 13.1. The standard InChI is InChI=1S/C75H146O17P2/c1-7-10-12-14-16-18-20-22-23-24-26-28-34-42-48-54-60-75(80)91-70(63-85-72(77)57-51-45-39-32-30-29-31-38-44-50-56-68(6)9-3)65-89-93(81,82)87-61-69(76)62-88-94(83,84)90-66-71(64-86-73(78)58-52-46-40-36-35-37-43-49-55-67(4)5)92-74(79)59-53-47-41-33-27-25-21-19-17-15-13-11-8-2/h67-71,76H,7-66H2,1-6H3,(H,81,82)(H,83,84)/t68?,69-,70-,71-/m1/s1. The van der Waals surface area contributed by atoms with Gasteiger partial charge in [-0.05, 0) is 37.5 Å². The molecule has 0 aromatic heterocycles. The number of carbonyl (C=O) groups is 4. The van der Waals surface area contributed by atoms with Gasteiger partial charge >= 0.3 is 39.5 Å². The zero-order valence-corrected chi connectivity index (χ0v) is 63.1. The molecule has 0 aliphatic heterocycles. The first-order chi connectivity index (χ1) is 45.4. The highest BCUT2D eigenvalue weighted by atomic mass is 31.2. The lowest BCUT2D eigenvalue weighted by molar-refractivity contribution is -0.161. The van der Waals surface area contributed by atoms with Crippen LogP contribution in [0.25, 0.3) is 0 Å². The van der Waals surface area contributed by atoms with E-state index in [1.54, 1.807) is 0 Å². The minimum absolute atomic E-state index is 0.107. The Morgan fingerprint density at radius 2 is 0.543 bits per heavy atom. The number of hydrogen-bond donors (Lipinski definition) is 3. The Kier molecular flexibility index (Phi) is 65.5. The molecule has 0 saturated carbocycles. The van der Waals surface area contributed by atoms with Gasteiger partial charge < -0.3 is 33.8 Å². The van der Waals surface area contributed by atoms with Gasteiger partial charge in [0.05, 0.1) is 26.4 Å². The van der Waals surface area contributed by atoms with E-state index in [2.05, 4.69) is 41.5 Å². The molecule has 0 bridgehead atoms. The molecule has 6 atom stereocenters. The Morgan fingerprint density at radius 3 is 0.809 bits per heavy atom. The zero-order valence-electron chi connectivity index (χ0n) is 61.3. The van der Waals surface area contributed by atoms with E-state index in [4.69, 9.17) is 37.0 Å².